The van der Waals surface area contributed by atoms with Crippen LogP contribution in [0.25, 0.3) is 11.3 Å². The van der Waals surface area contributed by atoms with Crippen LogP contribution in [0.1, 0.15) is 11.1 Å². The molecule has 1 aromatic carbocycles. The lowest BCUT2D eigenvalue weighted by Gasteiger charge is -2.16. The van der Waals surface area contributed by atoms with E-state index in [-0.39, 0.29) is 30.5 Å². The monoisotopic (exact) mass is 495 g/mol. The summed E-state index contributed by atoms with van der Waals surface area (Å²) in [5.74, 6) is -0.364. The smallest absolute Gasteiger partial charge is 0.418 e. The average Bonchev–Trinajstić information content (AvgIpc) is 3.17. The summed E-state index contributed by atoms with van der Waals surface area (Å²) in [6.45, 7) is 1.85. The second kappa shape index (κ2) is 9.20. The summed E-state index contributed by atoms with van der Waals surface area (Å²) in [5.41, 5.74) is -0.617. The second-order valence-electron chi connectivity index (χ2n) is 7.59. The molecule has 1 fully saturated rings. The predicted molar refractivity (Wildman–Crippen MR) is 116 cm³/mol. The Kier molecular flexibility index (Phi) is 6.47. The van der Waals surface area contributed by atoms with Gasteiger partial charge in [0, 0.05) is 11.6 Å². The Balaban J connectivity index is 1.65. The van der Waals surface area contributed by atoms with Crippen LogP contribution in [0.5, 0.6) is 5.88 Å². The summed E-state index contributed by atoms with van der Waals surface area (Å²) in [5, 5.41) is 9.36. The minimum Gasteiger partial charge on any atom is -0.469 e. The highest BCUT2D eigenvalue weighted by atomic mass is 32.2. The Hall–Kier alpha value is -3.22. The first-order chi connectivity index (χ1) is 16.0. The van der Waals surface area contributed by atoms with E-state index in [1.807, 2.05) is 0 Å². The van der Waals surface area contributed by atoms with Crippen molar-refractivity contribution in [3.8, 4) is 17.1 Å². The fourth-order valence-corrected chi connectivity index (χ4v) is 4.34. The van der Waals surface area contributed by atoms with E-state index < -0.39 is 44.7 Å². The Bertz CT molecular complexity index is 1300. The van der Waals surface area contributed by atoms with Crippen molar-refractivity contribution in [3.05, 3.63) is 65.7 Å². The van der Waals surface area contributed by atoms with Crippen LogP contribution < -0.4 is 9.46 Å². The molecule has 0 spiro atoms. The maximum atomic E-state index is 13.6. The van der Waals surface area contributed by atoms with Crippen molar-refractivity contribution in [1.29, 1.82) is 0 Å². The Labute approximate surface area is 193 Å². The van der Waals surface area contributed by atoms with Crippen molar-refractivity contribution in [2.45, 2.75) is 30.3 Å². The number of benzene rings is 1. The molecule has 0 radical (unpaired) electrons. The number of aliphatic hydroxyl groups excluding tert-OH is 1. The third-order valence-corrected chi connectivity index (χ3v) is 6.34. The van der Waals surface area contributed by atoms with Gasteiger partial charge in [-0.05, 0) is 30.7 Å². The van der Waals surface area contributed by atoms with Gasteiger partial charge in [0.1, 0.15) is 11.9 Å². The molecule has 12 heteroatoms. The minimum atomic E-state index is -4.69. The van der Waals surface area contributed by atoms with Crippen LogP contribution in [-0.4, -0.2) is 48.9 Å². The number of halogens is 3. The molecule has 3 heterocycles. The van der Waals surface area contributed by atoms with E-state index in [2.05, 4.69) is 14.7 Å². The molecule has 2 aromatic heterocycles. The summed E-state index contributed by atoms with van der Waals surface area (Å²) in [6, 6.07) is 12.1. The molecule has 3 aromatic rings. The van der Waals surface area contributed by atoms with E-state index in [9.17, 15) is 26.7 Å². The number of nitrogens with one attached hydrogen (secondary N) is 1. The molecule has 1 aliphatic rings. The van der Waals surface area contributed by atoms with Gasteiger partial charge < -0.3 is 14.6 Å². The molecule has 34 heavy (non-hydrogen) atoms. The molecule has 8 nitrogen and oxygen atoms in total. The standard InChI is InChI=1S/C22H20F3N3O5S/c1-13-5-2-3-6-14(13)21-15(22(23,24)25)9-10-18(26-21)28-34(30,31)20-8-4-7-19(27-20)33-17-12-32-11-16(17)29/h2-10,16-17,29H,11-12H2,1H3,(H,26,28). The molecule has 2 N–H and O–H groups in total. The highest BCUT2D eigenvalue weighted by Gasteiger charge is 2.35. The van der Waals surface area contributed by atoms with Crippen LogP contribution in [0.15, 0.2) is 59.6 Å². The van der Waals surface area contributed by atoms with Crippen LogP contribution in [0.4, 0.5) is 19.0 Å². The average molecular weight is 495 g/mol. The fourth-order valence-electron chi connectivity index (χ4n) is 3.38. The van der Waals surface area contributed by atoms with E-state index in [4.69, 9.17) is 9.47 Å². The highest BCUT2D eigenvalue weighted by Crippen LogP contribution is 2.38. The topological polar surface area (TPSA) is 111 Å². The highest BCUT2D eigenvalue weighted by molar-refractivity contribution is 7.92. The number of sulfonamides is 1. The number of ether oxygens (including phenoxy) is 2. The number of pyridine rings is 2. The van der Waals surface area contributed by atoms with Gasteiger partial charge >= 0.3 is 6.18 Å². The van der Waals surface area contributed by atoms with Crippen LogP contribution >= 0.6 is 0 Å². The number of rotatable bonds is 6. The van der Waals surface area contributed by atoms with E-state index in [1.54, 1.807) is 25.1 Å². The van der Waals surface area contributed by atoms with E-state index >= 15 is 0 Å². The number of aliphatic hydroxyl groups is 1. The Morgan fingerprint density at radius 1 is 1.06 bits per heavy atom. The molecule has 0 amide bonds. The van der Waals surface area contributed by atoms with Gasteiger partial charge in [-0.3, -0.25) is 4.72 Å². The number of aryl methyl sites for hydroxylation is 1. The molecular formula is C22H20F3N3O5S. The number of hydrogen-bond acceptors (Lipinski definition) is 7. The van der Waals surface area contributed by atoms with Gasteiger partial charge in [-0.1, -0.05) is 30.3 Å². The first kappa shape index (κ1) is 23.9. The molecule has 4 rings (SSSR count). The largest absolute Gasteiger partial charge is 0.469 e. The number of alkyl halides is 3. The molecule has 0 bridgehead atoms. The summed E-state index contributed by atoms with van der Waals surface area (Å²) in [4.78, 5) is 7.92. The molecule has 2 unspecified atom stereocenters. The van der Waals surface area contributed by atoms with Crippen molar-refractivity contribution in [2.75, 3.05) is 17.9 Å². The molecule has 1 aliphatic heterocycles. The predicted octanol–water partition coefficient (Wildman–Crippen LogP) is 3.41. The van der Waals surface area contributed by atoms with Crippen LogP contribution in [0, 0.1) is 6.92 Å². The quantitative estimate of drug-likeness (QED) is 0.539. The van der Waals surface area contributed by atoms with Crippen LogP contribution in [0.3, 0.4) is 0 Å². The number of anilines is 1. The van der Waals surface area contributed by atoms with Crippen molar-refractivity contribution in [3.63, 3.8) is 0 Å². The zero-order chi connectivity index (χ0) is 24.5. The summed E-state index contributed by atoms with van der Waals surface area (Å²) in [6.07, 6.45) is -6.27. The molecule has 1 saturated heterocycles. The molecule has 180 valence electrons. The number of hydrogen-bond donors (Lipinski definition) is 2. The second-order valence-corrected chi connectivity index (χ2v) is 9.22. The Morgan fingerprint density at radius 3 is 2.50 bits per heavy atom. The Morgan fingerprint density at radius 2 is 1.82 bits per heavy atom. The van der Waals surface area contributed by atoms with Crippen molar-refractivity contribution < 1.29 is 36.2 Å². The SMILES string of the molecule is Cc1ccccc1-c1nc(NS(=O)(=O)c2cccc(OC3COCC3O)n2)ccc1C(F)(F)F. The molecule has 0 saturated carbocycles. The van der Waals surface area contributed by atoms with E-state index in [0.29, 0.717) is 5.56 Å². The lowest BCUT2D eigenvalue weighted by molar-refractivity contribution is -0.137. The third-order valence-electron chi connectivity index (χ3n) is 5.09. The van der Waals surface area contributed by atoms with Gasteiger partial charge in [0.2, 0.25) is 5.88 Å². The van der Waals surface area contributed by atoms with Gasteiger partial charge in [-0.2, -0.15) is 26.6 Å². The molecular weight excluding hydrogens is 475 g/mol. The summed E-state index contributed by atoms with van der Waals surface area (Å²) < 4.78 is 79.4. The number of nitrogens with zero attached hydrogens (tertiary/aromatic N) is 2. The lowest BCUT2D eigenvalue weighted by atomic mass is 10.0. The first-order valence-electron chi connectivity index (χ1n) is 10.1. The minimum absolute atomic E-state index is 0.0570. The van der Waals surface area contributed by atoms with Gasteiger partial charge in [-0.15, -0.1) is 0 Å². The third kappa shape index (κ3) is 5.13. The molecule has 2 atom stereocenters. The van der Waals surface area contributed by atoms with Gasteiger partial charge in [0.25, 0.3) is 10.0 Å². The number of aromatic nitrogens is 2. The first-order valence-corrected chi connectivity index (χ1v) is 11.6. The van der Waals surface area contributed by atoms with Gasteiger partial charge in [-0.25, -0.2) is 4.98 Å². The normalized spacial score (nSPS) is 18.6. The zero-order valence-corrected chi connectivity index (χ0v) is 18.6. The summed E-state index contributed by atoms with van der Waals surface area (Å²) in [7, 11) is -4.32. The summed E-state index contributed by atoms with van der Waals surface area (Å²) >= 11 is 0. The zero-order valence-electron chi connectivity index (χ0n) is 17.8. The fraction of sp³-hybridized carbons (Fsp3) is 0.273. The van der Waals surface area contributed by atoms with Crippen LogP contribution in [0.2, 0.25) is 0 Å². The molecule has 0 aliphatic carbocycles. The van der Waals surface area contributed by atoms with E-state index in [0.717, 1.165) is 12.1 Å². The van der Waals surface area contributed by atoms with E-state index in [1.165, 1.54) is 24.3 Å². The van der Waals surface area contributed by atoms with Crippen molar-refractivity contribution >= 4 is 15.8 Å². The maximum Gasteiger partial charge on any atom is 0.418 e. The lowest BCUT2D eigenvalue weighted by Crippen LogP contribution is -2.30. The van der Waals surface area contributed by atoms with Gasteiger partial charge in [0.05, 0.1) is 24.5 Å². The maximum absolute atomic E-state index is 13.6. The van der Waals surface area contributed by atoms with Crippen molar-refractivity contribution in [1.82, 2.24) is 9.97 Å². The van der Waals surface area contributed by atoms with Crippen molar-refractivity contribution in [2.24, 2.45) is 0 Å². The van der Waals surface area contributed by atoms with Crippen LogP contribution in [-0.2, 0) is 20.9 Å². The van der Waals surface area contributed by atoms with Gasteiger partial charge in [0.15, 0.2) is 11.1 Å².